The monoisotopic (exact) mass is 250 g/mol. The predicted octanol–water partition coefficient (Wildman–Crippen LogP) is 3.00. The van der Waals surface area contributed by atoms with Crippen molar-refractivity contribution in [2.75, 3.05) is 6.61 Å². The van der Waals surface area contributed by atoms with Gasteiger partial charge in [-0.3, -0.25) is 10.1 Å². The van der Waals surface area contributed by atoms with Gasteiger partial charge in [-0.25, -0.2) is 0 Å². The fourth-order valence-electron chi connectivity index (χ4n) is 1.45. The molecular weight excluding hydrogens is 239 g/mol. The minimum Gasteiger partial charge on any atom is -0.477 e. The van der Waals surface area contributed by atoms with Crippen LogP contribution in [-0.2, 0) is 4.74 Å². The van der Waals surface area contributed by atoms with E-state index < -0.39 is 23.4 Å². The zero-order valence-corrected chi connectivity index (χ0v) is 9.08. The second-order valence-corrected chi connectivity index (χ2v) is 3.40. The van der Waals surface area contributed by atoms with E-state index in [0.29, 0.717) is 18.4 Å². The van der Waals surface area contributed by atoms with Crippen LogP contribution in [0.15, 0.2) is 23.1 Å². The molecule has 17 heavy (non-hydrogen) atoms. The Morgan fingerprint density at radius 3 is 2.65 bits per heavy atom. The van der Waals surface area contributed by atoms with E-state index in [1.54, 1.807) is 13.3 Å². The summed E-state index contributed by atoms with van der Waals surface area (Å²) in [6, 6.07) is 0. The Morgan fingerprint density at radius 1 is 1.53 bits per heavy atom. The molecule has 1 aliphatic carbocycles. The Bertz CT molecular complexity index is 371. The van der Waals surface area contributed by atoms with Gasteiger partial charge >= 0.3 is 11.9 Å². The zero-order valence-electron chi connectivity index (χ0n) is 9.08. The van der Waals surface area contributed by atoms with Crippen LogP contribution in [0.4, 0.5) is 13.2 Å². The van der Waals surface area contributed by atoms with E-state index in [-0.39, 0.29) is 5.76 Å². The fraction of sp³-hybridized carbons (Fsp3) is 0.500. The number of alkyl halides is 3. The van der Waals surface area contributed by atoms with Crippen molar-refractivity contribution in [3.05, 3.63) is 39.6 Å². The van der Waals surface area contributed by atoms with E-state index in [2.05, 4.69) is 4.74 Å². The van der Waals surface area contributed by atoms with Gasteiger partial charge < -0.3 is 4.74 Å². The summed E-state index contributed by atoms with van der Waals surface area (Å²) >= 11 is 0. The number of hydrogen-bond donors (Lipinski definition) is 0. The van der Waals surface area contributed by atoms with Gasteiger partial charge in [-0.05, 0) is 30.9 Å². The van der Waals surface area contributed by atoms with Gasteiger partial charge in [-0.1, -0.05) is 6.92 Å². The van der Waals surface area contributed by atoms with Crippen LogP contribution in [0.2, 0.25) is 0 Å². The molecule has 4 nitrogen and oxygen atoms in total. The Hall–Kier alpha value is -1.53. The molecule has 1 radical (unpaired) electrons. The molecule has 0 saturated carbocycles. The lowest BCUT2D eigenvalue weighted by Gasteiger charge is -2.17. The topological polar surface area (TPSA) is 52.4 Å². The molecule has 95 valence electrons. The zero-order chi connectivity index (χ0) is 13.1. The molecule has 1 rings (SSSR count). The molecule has 0 spiro atoms. The van der Waals surface area contributed by atoms with Crippen molar-refractivity contribution in [2.24, 2.45) is 0 Å². The minimum atomic E-state index is -4.51. The number of halogens is 3. The number of rotatable bonds is 4. The lowest BCUT2D eigenvalue weighted by atomic mass is 9.99. The molecular formula is C10H11F3NO3. The summed E-state index contributed by atoms with van der Waals surface area (Å²) < 4.78 is 40.6. The quantitative estimate of drug-likeness (QED) is 0.569. The van der Waals surface area contributed by atoms with Crippen LogP contribution >= 0.6 is 0 Å². The highest BCUT2D eigenvalue weighted by atomic mass is 19.4. The first-order valence-corrected chi connectivity index (χ1v) is 4.96. The van der Waals surface area contributed by atoms with Crippen molar-refractivity contribution in [1.29, 1.82) is 0 Å². The smallest absolute Gasteiger partial charge is 0.422 e. The van der Waals surface area contributed by atoms with Crippen LogP contribution < -0.4 is 0 Å². The van der Waals surface area contributed by atoms with Crippen molar-refractivity contribution in [1.82, 2.24) is 0 Å². The average Bonchev–Trinajstić information content (AvgIpc) is 2.24. The standard InChI is InChI=1S/C10H11F3NO3/c1-2-7-4-3-5-8(14(15)16)9(7)17-6-10(11,12)13/h4-5H,2-3,6H2,1H3. The average molecular weight is 250 g/mol. The molecule has 0 fully saturated rings. The number of nitrogens with zero attached hydrogens (tertiary/aromatic N) is 1. The van der Waals surface area contributed by atoms with Crippen LogP contribution in [0.1, 0.15) is 19.8 Å². The maximum Gasteiger partial charge on any atom is 0.422 e. The van der Waals surface area contributed by atoms with Gasteiger partial charge in [-0.15, -0.1) is 0 Å². The van der Waals surface area contributed by atoms with Crippen molar-refractivity contribution in [3.63, 3.8) is 0 Å². The fourth-order valence-corrected chi connectivity index (χ4v) is 1.45. The molecule has 7 heteroatoms. The lowest BCUT2D eigenvalue weighted by Crippen LogP contribution is -2.20. The van der Waals surface area contributed by atoms with Crippen molar-refractivity contribution in [3.8, 4) is 0 Å². The van der Waals surface area contributed by atoms with Gasteiger partial charge in [0.05, 0.1) is 4.92 Å². The second-order valence-electron chi connectivity index (χ2n) is 3.40. The molecule has 0 N–H and O–H groups in total. The maximum absolute atomic E-state index is 12.0. The number of allylic oxidation sites excluding steroid dienone is 2. The van der Waals surface area contributed by atoms with E-state index in [1.807, 2.05) is 0 Å². The SMILES string of the molecule is CCC1=C(OCC(F)(F)F)C([N+](=O)[O-])=CC[CH]1. The number of ether oxygens (including phenoxy) is 1. The van der Waals surface area contributed by atoms with E-state index in [0.717, 1.165) is 0 Å². The molecule has 0 aromatic carbocycles. The van der Waals surface area contributed by atoms with Crippen LogP contribution in [0.3, 0.4) is 0 Å². The molecule has 0 unspecified atom stereocenters. The molecule has 0 aromatic rings. The van der Waals surface area contributed by atoms with Crippen LogP contribution in [-0.4, -0.2) is 17.7 Å². The summed E-state index contributed by atoms with van der Waals surface area (Å²) in [6.45, 7) is 0.177. The molecule has 0 amide bonds. The Morgan fingerprint density at radius 2 is 2.18 bits per heavy atom. The Kier molecular flexibility index (Phi) is 4.14. The van der Waals surface area contributed by atoms with Crippen LogP contribution in [0.25, 0.3) is 0 Å². The van der Waals surface area contributed by atoms with E-state index in [4.69, 9.17) is 0 Å². The Labute approximate surface area is 95.9 Å². The largest absolute Gasteiger partial charge is 0.477 e. The first-order chi connectivity index (χ1) is 7.85. The van der Waals surface area contributed by atoms with Crippen molar-refractivity contribution in [2.45, 2.75) is 25.9 Å². The van der Waals surface area contributed by atoms with Gasteiger partial charge in [0.15, 0.2) is 12.4 Å². The normalized spacial score (nSPS) is 16.8. The molecule has 1 aliphatic rings. The van der Waals surface area contributed by atoms with Gasteiger partial charge in [0.25, 0.3) is 0 Å². The van der Waals surface area contributed by atoms with Gasteiger partial charge in [0.1, 0.15) is 0 Å². The van der Waals surface area contributed by atoms with Crippen LogP contribution in [0.5, 0.6) is 0 Å². The molecule has 0 saturated heterocycles. The third-order valence-electron chi connectivity index (χ3n) is 2.16. The Balaban J connectivity index is 2.91. The highest BCUT2D eigenvalue weighted by molar-refractivity contribution is 5.35. The lowest BCUT2D eigenvalue weighted by molar-refractivity contribution is -0.425. The number of nitro groups is 1. The second kappa shape index (κ2) is 5.20. The minimum absolute atomic E-state index is 0.277. The summed E-state index contributed by atoms with van der Waals surface area (Å²) in [4.78, 5) is 9.95. The summed E-state index contributed by atoms with van der Waals surface area (Å²) in [6.07, 6.45) is -0.925. The number of hydrogen-bond acceptors (Lipinski definition) is 3. The maximum atomic E-state index is 12.0. The summed E-state index contributed by atoms with van der Waals surface area (Å²) in [5.74, 6) is -0.277. The van der Waals surface area contributed by atoms with E-state index in [9.17, 15) is 23.3 Å². The van der Waals surface area contributed by atoms with Crippen molar-refractivity contribution < 1.29 is 22.8 Å². The third kappa shape index (κ3) is 3.76. The van der Waals surface area contributed by atoms with E-state index >= 15 is 0 Å². The highest BCUT2D eigenvalue weighted by Gasteiger charge is 2.33. The summed E-state index contributed by atoms with van der Waals surface area (Å²) in [7, 11) is 0. The van der Waals surface area contributed by atoms with Gasteiger partial charge in [0, 0.05) is 0 Å². The molecule has 0 bridgehead atoms. The molecule has 0 aromatic heterocycles. The van der Waals surface area contributed by atoms with Crippen molar-refractivity contribution >= 4 is 0 Å². The predicted molar refractivity (Wildman–Crippen MR) is 53.3 cm³/mol. The molecule has 0 aliphatic heterocycles. The van der Waals surface area contributed by atoms with E-state index in [1.165, 1.54) is 6.08 Å². The van der Waals surface area contributed by atoms with Gasteiger partial charge in [0.2, 0.25) is 0 Å². The first kappa shape index (κ1) is 13.5. The molecule has 0 heterocycles. The summed E-state index contributed by atoms with van der Waals surface area (Å²) in [5.41, 5.74) is 0.0389. The highest BCUT2D eigenvalue weighted by Crippen LogP contribution is 2.29. The van der Waals surface area contributed by atoms with Gasteiger partial charge in [-0.2, -0.15) is 13.2 Å². The third-order valence-corrected chi connectivity index (χ3v) is 2.16. The van der Waals surface area contributed by atoms with Crippen LogP contribution in [0, 0.1) is 16.5 Å². The summed E-state index contributed by atoms with van der Waals surface area (Å²) in [5, 5.41) is 10.7. The molecule has 0 atom stereocenters. The first-order valence-electron chi connectivity index (χ1n) is 4.96.